The number of aryl methyl sites for hydroxylation is 1. The summed E-state index contributed by atoms with van der Waals surface area (Å²) >= 11 is 0. The Balaban J connectivity index is 2.50. The van der Waals surface area contributed by atoms with Crippen LogP contribution in [0.2, 0.25) is 0 Å². The summed E-state index contributed by atoms with van der Waals surface area (Å²) in [4.78, 5) is 0. The van der Waals surface area contributed by atoms with E-state index in [2.05, 4.69) is 50.4 Å². The Morgan fingerprint density at radius 3 is 2.67 bits per heavy atom. The van der Waals surface area contributed by atoms with Crippen LogP contribution in [0.3, 0.4) is 0 Å². The zero-order chi connectivity index (χ0) is 11.3. The molecule has 15 heavy (non-hydrogen) atoms. The molecule has 0 aliphatic heterocycles. The summed E-state index contributed by atoms with van der Waals surface area (Å²) in [6.07, 6.45) is 0.261. The van der Waals surface area contributed by atoms with Crippen LogP contribution in [0.5, 0.6) is 0 Å². The summed E-state index contributed by atoms with van der Waals surface area (Å²) in [5.41, 5.74) is 2.64. The van der Waals surface area contributed by atoms with Gasteiger partial charge in [0.05, 0.1) is 6.10 Å². The van der Waals surface area contributed by atoms with Crippen molar-refractivity contribution in [3.63, 3.8) is 0 Å². The smallest absolute Gasteiger partial charge is 0.0667 e. The van der Waals surface area contributed by atoms with Gasteiger partial charge in [-0.3, -0.25) is 0 Å². The second kappa shape index (κ2) is 5.89. The number of rotatable bonds is 5. The average Bonchev–Trinajstić information content (AvgIpc) is 2.25. The van der Waals surface area contributed by atoms with E-state index in [1.54, 1.807) is 7.11 Å². The van der Waals surface area contributed by atoms with Crippen molar-refractivity contribution in [1.82, 2.24) is 5.32 Å². The second-order valence-corrected chi connectivity index (χ2v) is 4.09. The van der Waals surface area contributed by atoms with Gasteiger partial charge in [0.25, 0.3) is 0 Å². The van der Waals surface area contributed by atoms with Crippen molar-refractivity contribution in [3.8, 4) is 0 Å². The first-order valence-electron chi connectivity index (χ1n) is 5.46. The summed E-state index contributed by atoms with van der Waals surface area (Å²) < 4.78 is 5.20. The zero-order valence-electron chi connectivity index (χ0n) is 10.1. The molecule has 0 fully saturated rings. The van der Waals surface area contributed by atoms with Gasteiger partial charge < -0.3 is 10.1 Å². The maximum atomic E-state index is 5.20. The summed E-state index contributed by atoms with van der Waals surface area (Å²) in [5, 5.41) is 3.45. The van der Waals surface area contributed by atoms with Gasteiger partial charge in [0.2, 0.25) is 0 Å². The van der Waals surface area contributed by atoms with Gasteiger partial charge in [-0.1, -0.05) is 29.8 Å². The molecule has 0 saturated heterocycles. The minimum absolute atomic E-state index is 0.261. The quantitative estimate of drug-likeness (QED) is 0.801. The van der Waals surface area contributed by atoms with Crippen molar-refractivity contribution in [1.29, 1.82) is 0 Å². The maximum Gasteiger partial charge on any atom is 0.0667 e. The zero-order valence-corrected chi connectivity index (χ0v) is 10.1. The molecule has 84 valence electrons. The Hall–Kier alpha value is -0.860. The van der Waals surface area contributed by atoms with Crippen molar-refractivity contribution in [2.24, 2.45) is 0 Å². The molecule has 0 saturated carbocycles. The molecule has 0 aromatic heterocycles. The van der Waals surface area contributed by atoms with Gasteiger partial charge in [-0.05, 0) is 26.3 Å². The van der Waals surface area contributed by atoms with Crippen LogP contribution < -0.4 is 5.32 Å². The molecule has 0 heterocycles. The number of hydrogen-bond donors (Lipinski definition) is 1. The average molecular weight is 207 g/mol. The van der Waals surface area contributed by atoms with Gasteiger partial charge in [-0.25, -0.2) is 0 Å². The highest BCUT2D eigenvalue weighted by Crippen LogP contribution is 2.13. The normalized spacial score (nSPS) is 14.9. The first-order chi connectivity index (χ1) is 7.13. The minimum Gasteiger partial charge on any atom is -0.380 e. The molecule has 1 rings (SSSR count). The van der Waals surface area contributed by atoms with E-state index in [4.69, 9.17) is 4.74 Å². The van der Waals surface area contributed by atoms with E-state index in [0.29, 0.717) is 6.04 Å². The first kappa shape index (κ1) is 12.2. The summed E-state index contributed by atoms with van der Waals surface area (Å²) in [6.45, 7) is 7.24. The molecule has 0 amide bonds. The fraction of sp³-hybridized carbons (Fsp3) is 0.538. The van der Waals surface area contributed by atoms with E-state index < -0.39 is 0 Å². The lowest BCUT2D eigenvalue weighted by Crippen LogP contribution is -2.28. The third-order valence-corrected chi connectivity index (χ3v) is 2.66. The topological polar surface area (TPSA) is 21.3 Å². The van der Waals surface area contributed by atoms with Crippen molar-refractivity contribution in [2.75, 3.05) is 13.7 Å². The molecule has 0 aliphatic rings. The second-order valence-electron chi connectivity index (χ2n) is 4.09. The van der Waals surface area contributed by atoms with Gasteiger partial charge in [-0.2, -0.15) is 0 Å². The molecule has 2 heteroatoms. The Morgan fingerprint density at radius 1 is 1.33 bits per heavy atom. The standard InChI is InChI=1S/C13H21NO/c1-10-6-5-7-13(8-10)12(3)14-9-11(2)15-4/h5-8,11-12,14H,9H2,1-4H3/t11?,12-/m1/s1. The van der Waals surface area contributed by atoms with Gasteiger partial charge in [0, 0.05) is 19.7 Å². The van der Waals surface area contributed by atoms with Crippen molar-refractivity contribution in [2.45, 2.75) is 32.9 Å². The molecule has 0 aliphatic carbocycles. The van der Waals surface area contributed by atoms with Crippen LogP contribution in [-0.4, -0.2) is 19.8 Å². The first-order valence-corrected chi connectivity index (χ1v) is 5.46. The maximum absolute atomic E-state index is 5.20. The van der Waals surface area contributed by atoms with Gasteiger partial charge >= 0.3 is 0 Å². The molecule has 1 aromatic rings. The molecule has 2 atom stereocenters. The number of hydrogen-bond acceptors (Lipinski definition) is 2. The monoisotopic (exact) mass is 207 g/mol. The molecule has 1 unspecified atom stereocenters. The van der Waals surface area contributed by atoms with E-state index >= 15 is 0 Å². The SMILES string of the molecule is COC(C)CN[C@H](C)c1cccc(C)c1. The van der Waals surface area contributed by atoms with E-state index in [0.717, 1.165) is 6.54 Å². The van der Waals surface area contributed by atoms with Crippen molar-refractivity contribution >= 4 is 0 Å². The highest BCUT2D eigenvalue weighted by Gasteiger charge is 2.06. The van der Waals surface area contributed by atoms with E-state index in [1.165, 1.54) is 11.1 Å². The van der Waals surface area contributed by atoms with E-state index in [-0.39, 0.29) is 6.10 Å². The van der Waals surface area contributed by atoms with E-state index in [1.807, 2.05) is 0 Å². The van der Waals surface area contributed by atoms with Crippen LogP contribution in [0.4, 0.5) is 0 Å². The Kier molecular flexibility index (Phi) is 4.79. The van der Waals surface area contributed by atoms with Crippen molar-refractivity contribution in [3.05, 3.63) is 35.4 Å². The fourth-order valence-electron chi connectivity index (χ4n) is 1.48. The third kappa shape index (κ3) is 4.02. The van der Waals surface area contributed by atoms with Crippen molar-refractivity contribution < 1.29 is 4.74 Å². The third-order valence-electron chi connectivity index (χ3n) is 2.66. The summed E-state index contributed by atoms with van der Waals surface area (Å²) in [7, 11) is 1.74. The molecular formula is C13H21NO. The van der Waals surface area contributed by atoms with Crippen LogP contribution in [0.25, 0.3) is 0 Å². The highest BCUT2D eigenvalue weighted by molar-refractivity contribution is 5.24. The van der Waals surface area contributed by atoms with Gasteiger partial charge in [0.15, 0.2) is 0 Å². The minimum atomic E-state index is 0.261. The van der Waals surface area contributed by atoms with Crippen LogP contribution in [0.15, 0.2) is 24.3 Å². The Morgan fingerprint density at radius 2 is 2.07 bits per heavy atom. The summed E-state index contributed by atoms with van der Waals surface area (Å²) in [6, 6.07) is 8.97. The molecular weight excluding hydrogens is 186 g/mol. The summed E-state index contributed by atoms with van der Waals surface area (Å²) in [5.74, 6) is 0. The predicted octanol–water partition coefficient (Wildman–Crippen LogP) is 2.68. The number of methoxy groups -OCH3 is 1. The molecule has 0 radical (unpaired) electrons. The number of nitrogens with one attached hydrogen (secondary N) is 1. The fourth-order valence-corrected chi connectivity index (χ4v) is 1.48. The lowest BCUT2D eigenvalue weighted by atomic mass is 10.1. The Labute approximate surface area is 92.6 Å². The molecule has 1 N–H and O–H groups in total. The largest absolute Gasteiger partial charge is 0.380 e. The lowest BCUT2D eigenvalue weighted by molar-refractivity contribution is 0.115. The molecule has 0 bridgehead atoms. The predicted molar refractivity (Wildman–Crippen MR) is 64.1 cm³/mol. The number of ether oxygens (including phenoxy) is 1. The van der Waals surface area contributed by atoms with Crippen LogP contribution in [-0.2, 0) is 4.74 Å². The Bertz CT molecular complexity index is 298. The molecule has 0 spiro atoms. The lowest BCUT2D eigenvalue weighted by Gasteiger charge is -2.17. The number of benzene rings is 1. The highest BCUT2D eigenvalue weighted by atomic mass is 16.5. The molecule has 2 nitrogen and oxygen atoms in total. The van der Waals surface area contributed by atoms with E-state index in [9.17, 15) is 0 Å². The van der Waals surface area contributed by atoms with Gasteiger partial charge in [0.1, 0.15) is 0 Å². The molecule has 1 aromatic carbocycles. The van der Waals surface area contributed by atoms with Crippen LogP contribution in [0, 0.1) is 6.92 Å². The van der Waals surface area contributed by atoms with Crippen LogP contribution >= 0.6 is 0 Å². The van der Waals surface area contributed by atoms with Gasteiger partial charge in [-0.15, -0.1) is 0 Å². The van der Waals surface area contributed by atoms with Crippen LogP contribution in [0.1, 0.15) is 31.0 Å².